The van der Waals surface area contributed by atoms with E-state index in [9.17, 15) is 9.18 Å². The van der Waals surface area contributed by atoms with Gasteiger partial charge in [0.05, 0.1) is 0 Å². The molecule has 0 spiro atoms. The molecule has 0 aliphatic rings. The van der Waals surface area contributed by atoms with Gasteiger partial charge in [0.2, 0.25) is 0 Å². The summed E-state index contributed by atoms with van der Waals surface area (Å²) < 4.78 is 13.5. The van der Waals surface area contributed by atoms with Gasteiger partial charge in [-0.25, -0.2) is 4.39 Å². The number of hydrogen-bond donors (Lipinski definition) is 2. The molecule has 4 nitrogen and oxygen atoms in total. The molecule has 110 valence electrons. The molecule has 2 aromatic rings. The van der Waals surface area contributed by atoms with E-state index >= 15 is 0 Å². The maximum Gasteiger partial charge on any atom is 0.270 e. The molecule has 0 atom stereocenters. The van der Waals surface area contributed by atoms with Gasteiger partial charge in [-0.3, -0.25) is 9.78 Å². The zero-order valence-corrected chi connectivity index (χ0v) is 11.9. The molecule has 1 amide bonds. The molecule has 1 aromatic carbocycles. The number of nitrogens with one attached hydrogen (secondary N) is 2. The number of benzene rings is 1. The smallest absolute Gasteiger partial charge is 0.270 e. The molecule has 0 fully saturated rings. The van der Waals surface area contributed by atoms with Gasteiger partial charge in [-0.05, 0) is 24.6 Å². The molecule has 2 N–H and O–H groups in total. The number of nitrogens with zero attached hydrogens (tertiary/aromatic N) is 1. The second-order valence-corrected chi connectivity index (χ2v) is 4.63. The lowest BCUT2D eigenvalue weighted by Crippen LogP contribution is -2.24. The van der Waals surface area contributed by atoms with Gasteiger partial charge in [0.15, 0.2) is 0 Å². The third-order valence-electron chi connectivity index (χ3n) is 2.97. The number of halogens is 1. The van der Waals surface area contributed by atoms with E-state index in [2.05, 4.69) is 22.5 Å². The fourth-order valence-electron chi connectivity index (χ4n) is 1.84. The average molecular weight is 287 g/mol. The minimum absolute atomic E-state index is 0.139. The van der Waals surface area contributed by atoms with Gasteiger partial charge in [0.25, 0.3) is 5.91 Å². The van der Waals surface area contributed by atoms with Crippen LogP contribution in [-0.4, -0.2) is 17.4 Å². The quantitative estimate of drug-likeness (QED) is 0.859. The van der Waals surface area contributed by atoms with Crippen molar-refractivity contribution in [2.45, 2.75) is 19.9 Å². The Hall–Kier alpha value is -2.43. The first-order chi connectivity index (χ1) is 10.2. The molecule has 2 rings (SSSR count). The Kier molecular flexibility index (Phi) is 5.26. The van der Waals surface area contributed by atoms with Gasteiger partial charge in [0.1, 0.15) is 11.5 Å². The van der Waals surface area contributed by atoms with Crippen molar-refractivity contribution >= 4 is 11.6 Å². The van der Waals surface area contributed by atoms with Crippen LogP contribution < -0.4 is 10.6 Å². The number of rotatable bonds is 6. The first-order valence-corrected chi connectivity index (χ1v) is 6.92. The van der Waals surface area contributed by atoms with E-state index in [0.29, 0.717) is 11.3 Å². The molecule has 0 aliphatic carbocycles. The third kappa shape index (κ3) is 4.27. The topological polar surface area (TPSA) is 54.0 Å². The van der Waals surface area contributed by atoms with Crippen molar-refractivity contribution in [2.75, 3.05) is 11.9 Å². The summed E-state index contributed by atoms with van der Waals surface area (Å²) in [5, 5.41) is 5.86. The number of carbonyl (C=O) groups excluding carboxylic acids is 1. The van der Waals surface area contributed by atoms with E-state index in [1.165, 1.54) is 6.07 Å². The van der Waals surface area contributed by atoms with Crippen LogP contribution in [0.5, 0.6) is 0 Å². The fraction of sp³-hybridized carbons (Fsp3) is 0.250. The molecule has 0 saturated carbocycles. The molecule has 21 heavy (non-hydrogen) atoms. The molecule has 0 radical (unpaired) electrons. The predicted octanol–water partition coefficient (Wildman–Crippen LogP) is 2.97. The lowest BCUT2D eigenvalue weighted by atomic mass is 10.2. The van der Waals surface area contributed by atoms with Gasteiger partial charge >= 0.3 is 0 Å². The van der Waals surface area contributed by atoms with E-state index in [0.717, 1.165) is 18.7 Å². The van der Waals surface area contributed by atoms with Crippen LogP contribution in [0, 0.1) is 5.82 Å². The number of anilines is 1. The van der Waals surface area contributed by atoms with Crippen molar-refractivity contribution < 1.29 is 9.18 Å². The van der Waals surface area contributed by atoms with Crippen LogP contribution in [0.1, 0.15) is 29.4 Å². The van der Waals surface area contributed by atoms with Crippen molar-refractivity contribution in [2.24, 2.45) is 0 Å². The second-order valence-electron chi connectivity index (χ2n) is 4.63. The number of amides is 1. The molecular weight excluding hydrogens is 269 g/mol. The molecule has 0 bridgehead atoms. The average Bonchev–Trinajstić information content (AvgIpc) is 2.52. The third-order valence-corrected chi connectivity index (χ3v) is 2.97. The highest BCUT2D eigenvalue weighted by Gasteiger charge is 2.09. The summed E-state index contributed by atoms with van der Waals surface area (Å²) in [4.78, 5) is 16.1. The molecule has 5 heteroatoms. The van der Waals surface area contributed by atoms with Gasteiger partial charge in [-0.1, -0.05) is 25.1 Å². The lowest BCUT2D eigenvalue weighted by molar-refractivity contribution is 0.0945. The highest BCUT2D eigenvalue weighted by molar-refractivity contribution is 5.93. The maximum atomic E-state index is 13.5. The first-order valence-electron chi connectivity index (χ1n) is 6.92. The molecule has 0 aliphatic heterocycles. The van der Waals surface area contributed by atoms with Crippen molar-refractivity contribution in [3.8, 4) is 0 Å². The summed E-state index contributed by atoms with van der Waals surface area (Å²) in [5.74, 6) is -0.650. The van der Waals surface area contributed by atoms with Gasteiger partial charge < -0.3 is 10.6 Å². The van der Waals surface area contributed by atoms with Crippen LogP contribution in [0.2, 0.25) is 0 Å². The molecule has 0 unspecified atom stereocenters. The number of pyridine rings is 1. The Bertz CT molecular complexity index is 616. The lowest BCUT2D eigenvalue weighted by Gasteiger charge is -2.08. The Morgan fingerprint density at radius 1 is 1.29 bits per heavy atom. The van der Waals surface area contributed by atoms with Crippen molar-refractivity contribution in [1.82, 2.24) is 10.3 Å². The molecule has 1 aromatic heterocycles. The molecule has 0 saturated heterocycles. The minimum Gasteiger partial charge on any atom is -0.385 e. The van der Waals surface area contributed by atoms with Gasteiger partial charge in [0, 0.05) is 30.5 Å². The largest absolute Gasteiger partial charge is 0.385 e. The van der Waals surface area contributed by atoms with Gasteiger partial charge in [-0.15, -0.1) is 0 Å². The van der Waals surface area contributed by atoms with E-state index in [4.69, 9.17) is 0 Å². The Balaban J connectivity index is 1.98. The normalized spacial score (nSPS) is 10.2. The van der Waals surface area contributed by atoms with Crippen LogP contribution in [0.15, 0.2) is 42.6 Å². The predicted molar refractivity (Wildman–Crippen MR) is 80.6 cm³/mol. The molecular formula is C16H18FN3O. The highest BCUT2D eigenvalue weighted by atomic mass is 19.1. The standard InChI is InChI=1S/C16H18FN3O/c1-2-8-18-13-7-9-19-15(10-13)16(21)20-11-12-5-3-4-6-14(12)17/h3-7,9-10H,2,8,11H2,1H3,(H,18,19)(H,20,21). The minimum atomic E-state index is -0.330. The maximum absolute atomic E-state index is 13.5. The SMILES string of the molecule is CCCNc1ccnc(C(=O)NCc2ccccc2F)c1. The number of aromatic nitrogens is 1. The van der Waals surface area contributed by atoms with E-state index < -0.39 is 0 Å². The molecule has 1 heterocycles. The van der Waals surface area contributed by atoms with Crippen LogP contribution >= 0.6 is 0 Å². The fourth-order valence-corrected chi connectivity index (χ4v) is 1.84. The second kappa shape index (κ2) is 7.38. The first kappa shape index (κ1) is 15.0. The Morgan fingerprint density at radius 3 is 2.86 bits per heavy atom. The summed E-state index contributed by atoms with van der Waals surface area (Å²) in [5.41, 5.74) is 1.61. The van der Waals surface area contributed by atoms with E-state index in [-0.39, 0.29) is 18.3 Å². The van der Waals surface area contributed by atoms with Crippen molar-refractivity contribution in [1.29, 1.82) is 0 Å². The van der Waals surface area contributed by atoms with Crippen LogP contribution in [0.4, 0.5) is 10.1 Å². The Morgan fingerprint density at radius 2 is 2.10 bits per heavy atom. The Labute approximate surface area is 123 Å². The van der Waals surface area contributed by atoms with E-state index in [1.54, 1.807) is 30.5 Å². The highest BCUT2D eigenvalue weighted by Crippen LogP contribution is 2.09. The number of hydrogen-bond acceptors (Lipinski definition) is 3. The van der Waals surface area contributed by atoms with Crippen molar-refractivity contribution in [3.63, 3.8) is 0 Å². The van der Waals surface area contributed by atoms with E-state index in [1.807, 2.05) is 6.07 Å². The zero-order valence-electron chi connectivity index (χ0n) is 11.9. The number of carbonyl (C=O) groups is 1. The van der Waals surface area contributed by atoms with Crippen LogP contribution in [0.3, 0.4) is 0 Å². The van der Waals surface area contributed by atoms with Crippen molar-refractivity contribution in [3.05, 3.63) is 59.7 Å². The summed E-state index contributed by atoms with van der Waals surface area (Å²) in [6.45, 7) is 3.04. The zero-order chi connectivity index (χ0) is 15.1. The summed E-state index contributed by atoms with van der Waals surface area (Å²) in [7, 11) is 0. The van der Waals surface area contributed by atoms with Gasteiger partial charge in [-0.2, -0.15) is 0 Å². The van der Waals surface area contributed by atoms with Crippen LogP contribution in [0.25, 0.3) is 0 Å². The summed E-state index contributed by atoms with van der Waals surface area (Å²) in [6.07, 6.45) is 2.58. The summed E-state index contributed by atoms with van der Waals surface area (Å²) in [6, 6.07) is 9.86. The monoisotopic (exact) mass is 287 g/mol. The summed E-state index contributed by atoms with van der Waals surface area (Å²) >= 11 is 0. The van der Waals surface area contributed by atoms with Crippen LogP contribution in [-0.2, 0) is 6.54 Å².